The van der Waals surface area contributed by atoms with Crippen LogP contribution in [0.5, 0.6) is 0 Å². The van der Waals surface area contributed by atoms with Crippen molar-refractivity contribution >= 4 is 5.69 Å². The van der Waals surface area contributed by atoms with Crippen molar-refractivity contribution in [3.05, 3.63) is 54.1 Å². The van der Waals surface area contributed by atoms with Crippen LogP contribution in [0, 0.1) is 0 Å². The van der Waals surface area contributed by atoms with E-state index in [4.69, 9.17) is 0 Å². The SMILES string of the molecule is CN1c2ccccc2C2CC=CC=CC21. The Labute approximate surface area is 90.7 Å². The number of likely N-dealkylation sites (N-methyl/N-ethyl adjacent to an activating group) is 1. The quantitative estimate of drug-likeness (QED) is 0.617. The first-order valence-electron chi connectivity index (χ1n) is 5.53. The van der Waals surface area contributed by atoms with E-state index in [1.54, 1.807) is 0 Å². The lowest BCUT2D eigenvalue weighted by atomic mass is 9.92. The van der Waals surface area contributed by atoms with Crippen LogP contribution in [0.3, 0.4) is 0 Å². The van der Waals surface area contributed by atoms with Gasteiger partial charge in [-0.05, 0) is 18.1 Å². The molecule has 1 aromatic rings. The first-order valence-corrected chi connectivity index (χ1v) is 5.53. The fourth-order valence-corrected chi connectivity index (χ4v) is 2.75. The lowest BCUT2D eigenvalue weighted by Gasteiger charge is -2.22. The second-order valence-corrected chi connectivity index (χ2v) is 4.32. The highest BCUT2D eigenvalue weighted by atomic mass is 15.2. The maximum Gasteiger partial charge on any atom is 0.0545 e. The van der Waals surface area contributed by atoms with Crippen molar-refractivity contribution in [1.82, 2.24) is 0 Å². The van der Waals surface area contributed by atoms with Gasteiger partial charge in [-0.2, -0.15) is 0 Å². The molecule has 0 saturated heterocycles. The summed E-state index contributed by atoms with van der Waals surface area (Å²) in [5, 5.41) is 0. The highest BCUT2D eigenvalue weighted by molar-refractivity contribution is 5.63. The van der Waals surface area contributed by atoms with Crippen LogP contribution in [0.15, 0.2) is 48.6 Å². The van der Waals surface area contributed by atoms with Gasteiger partial charge in [0.15, 0.2) is 0 Å². The van der Waals surface area contributed by atoms with Crippen LogP contribution in [-0.4, -0.2) is 13.1 Å². The van der Waals surface area contributed by atoms with Crippen LogP contribution in [0.4, 0.5) is 5.69 Å². The van der Waals surface area contributed by atoms with Crippen LogP contribution < -0.4 is 4.90 Å². The maximum absolute atomic E-state index is 2.39. The first-order chi connectivity index (χ1) is 7.38. The van der Waals surface area contributed by atoms with E-state index in [1.165, 1.54) is 11.3 Å². The van der Waals surface area contributed by atoms with Gasteiger partial charge in [-0.1, -0.05) is 42.5 Å². The molecule has 0 saturated carbocycles. The Bertz CT molecular complexity index is 431. The molecule has 1 aromatic carbocycles. The third kappa shape index (κ3) is 1.23. The van der Waals surface area contributed by atoms with E-state index in [2.05, 4.69) is 60.5 Å². The minimum atomic E-state index is 0.539. The Morgan fingerprint density at radius 1 is 1.20 bits per heavy atom. The summed E-state index contributed by atoms with van der Waals surface area (Å²) in [5.41, 5.74) is 2.90. The summed E-state index contributed by atoms with van der Waals surface area (Å²) in [5.74, 6) is 0.640. The molecule has 0 aromatic heterocycles. The van der Waals surface area contributed by atoms with Crippen LogP contribution in [0.1, 0.15) is 17.9 Å². The minimum absolute atomic E-state index is 0.539. The zero-order chi connectivity index (χ0) is 10.3. The fourth-order valence-electron chi connectivity index (χ4n) is 2.75. The molecule has 0 N–H and O–H groups in total. The molecule has 1 aliphatic heterocycles. The molecule has 2 unspecified atom stereocenters. The van der Waals surface area contributed by atoms with E-state index in [0.29, 0.717) is 12.0 Å². The first kappa shape index (κ1) is 8.78. The van der Waals surface area contributed by atoms with Gasteiger partial charge in [-0.3, -0.25) is 0 Å². The molecule has 1 aliphatic carbocycles. The highest BCUT2D eigenvalue weighted by Crippen LogP contribution is 2.42. The molecule has 1 nitrogen and oxygen atoms in total. The van der Waals surface area contributed by atoms with Gasteiger partial charge in [0.1, 0.15) is 0 Å². The molecule has 1 heterocycles. The molecule has 0 radical (unpaired) electrons. The summed E-state index contributed by atoms with van der Waals surface area (Å²) in [6.45, 7) is 0. The lowest BCUT2D eigenvalue weighted by molar-refractivity contribution is 0.639. The van der Waals surface area contributed by atoms with Crippen LogP contribution >= 0.6 is 0 Å². The molecule has 76 valence electrons. The molecule has 0 amide bonds. The molecule has 1 heteroatoms. The minimum Gasteiger partial charge on any atom is -0.367 e. The number of fused-ring (bicyclic) bond motifs is 3. The van der Waals surface area contributed by atoms with Gasteiger partial charge in [-0.25, -0.2) is 0 Å². The second-order valence-electron chi connectivity index (χ2n) is 4.32. The number of allylic oxidation sites excluding steroid dienone is 3. The van der Waals surface area contributed by atoms with Gasteiger partial charge in [0, 0.05) is 18.7 Å². The summed E-state index contributed by atoms with van der Waals surface area (Å²) in [7, 11) is 2.19. The predicted molar refractivity (Wildman–Crippen MR) is 64.3 cm³/mol. The maximum atomic E-state index is 2.39. The number of hydrogen-bond donors (Lipinski definition) is 0. The largest absolute Gasteiger partial charge is 0.367 e. The topological polar surface area (TPSA) is 3.24 Å². The van der Waals surface area contributed by atoms with Crippen molar-refractivity contribution < 1.29 is 0 Å². The summed E-state index contributed by atoms with van der Waals surface area (Å²) >= 11 is 0. The van der Waals surface area contributed by atoms with Gasteiger partial charge in [0.05, 0.1) is 6.04 Å². The van der Waals surface area contributed by atoms with Crippen molar-refractivity contribution in [1.29, 1.82) is 0 Å². The number of rotatable bonds is 0. The van der Waals surface area contributed by atoms with E-state index in [-0.39, 0.29) is 0 Å². The number of hydrogen-bond acceptors (Lipinski definition) is 1. The van der Waals surface area contributed by atoms with Crippen molar-refractivity contribution in [2.75, 3.05) is 11.9 Å². The molecule has 2 aliphatic rings. The van der Waals surface area contributed by atoms with Crippen molar-refractivity contribution in [2.24, 2.45) is 0 Å². The molecular formula is C14H15N. The van der Waals surface area contributed by atoms with Crippen molar-refractivity contribution in [3.8, 4) is 0 Å². The van der Waals surface area contributed by atoms with Gasteiger partial charge in [0.2, 0.25) is 0 Å². The normalized spacial score (nSPS) is 27.4. The van der Waals surface area contributed by atoms with Crippen LogP contribution in [-0.2, 0) is 0 Å². The molecule has 3 rings (SSSR count). The third-order valence-electron chi connectivity index (χ3n) is 3.52. The van der Waals surface area contributed by atoms with E-state index < -0.39 is 0 Å². The molecular weight excluding hydrogens is 182 g/mol. The Kier molecular flexibility index (Phi) is 1.91. The number of para-hydroxylation sites is 1. The van der Waals surface area contributed by atoms with E-state index in [9.17, 15) is 0 Å². The van der Waals surface area contributed by atoms with Crippen molar-refractivity contribution in [2.45, 2.75) is 18.4 Å². The second kappa shape index (κ2) is 3.27. The van der Waals surface area contributed by atoms with Crippen LogP contribution in [0.2, 0.25) is 0 Å². The van der Waals surface area contributed by atoms with Gasteiger partial charge >= 0.3 is 0 Å². The molecule has 0 fully saturated rings. The molecule has 0 bridgehead atoms. The highest BCUT2D eigenvalue weighted by Gasteiger charge is 2.33. The molecule has 0 spiro atoms. The monoisotopic (exact) mass is 197 g/mol. The standard InChI is InChI=1S/C14H15N/c1-15-13-9-4-2-3-7-11(13)12-8-5-6-10-14(12)15/h2-6,8-11,13H,7H2,1H3. The summed E-state index contributed by atoms with van der Waals surface area (Å²) in [6.07, 6.45) is 10.1. The van der Waals surface area contributed by atoms with Crippen LogP contribution in [0.25, 0.3) is 0 Å². The number of benzene rings is 1. The summed E-state index contributed by atoms with van der Waals surface area (Å²) in [6, 6.07) is 9.30. The average molecular weight is 197 g/mol. The van der Waals surface area contributed by atoms with E-state index >= 15 is 0 Å². The zero-order valence-electron chi connectivity index (χ0n) is 8.93. The Morgan fingerprint density at radius 2 is 2.07 bits per heavy atom. The van der Waals surface area contributed by atoms with Crippen molar-refractivity contribution in [3.63, 3.8) is 0 Å². The Balaban J connectivity index is 2.11. The predicted octanol–water partition coefficient (Wildman–Crippen LogP) is 3.10. The number of nitrogens with zero attached hydrogens (tertiary/aromatic N) is 1. The van der Waals surface area contributed by atoms with Gasteiger partial charge < -0.3 is 4.90 Å². The van der Waals surface area contributed by atoms with Gasteiger partial charge in [0.25, 0.3) is 0 Å². The molecule has 15 heavy (non-hydrogen) atoms. The lowest BCUT2D eigenvalue weighted by Crippen LogP contribution is -2.27. The fraction of sp³-hybridized carbons (Fsp3) is 0.286. The number of anilines is 1. The Hall–Kier alpha value is -1.50. The zero-order valence-corrected chi connectivity index (χ0v) is 8.93. The Morgan fingerprint density at radius 3 is 3.00 bits per heavy atom. The van der Waals surface area contributed by atoms with Gasteiger partial charge in [-0.15, -0.1) is 0 Å². The van der Waals surface area contributed by atoms with E-state index in [0.717, 1.165) is 6.42 Å². The third-order valence-corrected chi connectivity index (χ3v) is 3.52. The summed E-state index contributed by atoms with van der Waals surface area (Å²) in [4.78, 5) is 2.39. The molecule has 2 atom stereocenters. The smallest absolute Gasteiger partial charge is 0.0545 e. The van der Waals surface area contributed by atoms with E-state index in [1.807, 2.05) is 0 Å². The average Bonchev–Trinajstić information content (AvgIpc) is 2.48. The summed E-state index contributed by atoms with van der Waals surface area (Å²) < 4.78 is 0.